The molecule has 1 aromatic carbocycles. The van der Waals surface area contributed by atoms with Crippen molar-refractivity contribution >= 4 is 16.0 Å². The Morgan fingerprint density at radius 2 is 2.21 bits per heavy atom. The monoisotopic (exact) mass is 285 g/mol. The van der Waals surface area contributed by atoms with E-state index in [1.54, 1.807) is 0 Å². The summed E-state index contributed by atoms with van der Waals surface area (Å²) in [5.41, 5.74) is -0.239. The van der Waals surface area contributed by atoms with Crippen LogP contribution in [0.2, 0.25) is 0 Å². The van der Waals surface area contributed by atoms with Crippen molar-refractivity contribution in [2.24, 2.45) is 0 Å². The van der Waals surface area contributed by atoms with Crippen LogP contribution in [0.25, 0.3) is 0 Å². The van der Waals surface area contributed by atoms with Crippen LogP contribution in [-0.4, -0.2) is 28.0 Å². The second-order valence-electron chi connectivity index (χ2n) is 3.48. The van der Waals surface area contributed by atoms with E-state index in [9.17, 15) is 17.6 Å². The Hall–Kier alpha value is -1.91. The number of hydrogen-bond acceptors (Lipinski definition) is 4. The Bertz CT molecular complexity index is 619. The maximum atomic E-state index is 13.2. The Morgan fingerprint density at radius 3 is 2.79 bits per heavy atom. The first-order chi connectivity index (χ1) is 8.92. The summed E-state index contributed by atoms with van der Waals surface area (Å²) in [5.74, 6) is 0.622. The van der Waals surface area contributed by atoms with E-state index >= 15 is 0 Å². The predicted molar refractivity (Wildman–Crippen MR) is 66.4 cm³/mol. The largest absolute Gasteiger partial charge is 0.465 e. The molecule has 102 valence electrons. The Balaban J connectivity index is 3.21. The highest BCUT2D eigenvalue weighted by atomic mass is 32.2. The van der Waals surface area contributed by atoms with Gasteiger partial charge >= 0.3 is 5.97 Å². The summed E-state index contributed by atoms with van der Waals surface area (Å²) in [7, 11) is -2.92. The van der Waals surface area contributed by atoms with Crippen molar-refractivity contribution in [3.63, 3.8) is 0 Å². The Labute approximate surface area is 110 Å². The Morgan fingerprint density at radius 1 is 1.53 bits per heavy atom. The second kappa shape index (κ2) is 6.31. The molecule has 0 radical (unpaired) electrons. The molecule has 0 aromatic heterocycles. The highest BCUT2D eigenvalue weighted by Crippen LogP contribution is 2.18. The van der Waals surface area contributed by atoms with E-state index in [0.29, 0.717) is 0 Å². The molecule has 0 aliphatic carbocycles. The molecule has 0 amide bonds. The van der Waals surface area contributed by atoms with Crippen LogP contribution in [0, 0.1) is 18.2 Å². The zero-order valence-electron chi connectivity index (χ0n) is 10.1. The van der Waals surface area contributed by atoms with Crippen LogP contribution in [0.1, 0.15) is 16.8 Å². The molecule has 0 unspecified atom stereocenters. The van der Waals surface area contributed by atoms with Crippen LogP contribution in [0.15, 0.2) is 23.1 Å². The number of terminal acetylenes is 1. The van der Waals surface area contributed by atoms with Gasteiger partial charge in [-0.1, -0.05) is 0 Å². The maximum Gasteiger partial charge on any atom is 0.339 e. The first-order valence-electron chi connectivity index (χ1n) is 5.23. The molecule has 0 saturated heterocycles. The Kier molecular flexibility index (Phi) is 5.03. The minimum absolute atomic E-state index is 0.00401. The molecule has 0 aliphatic heterocycles. The van der Waals surface area contributed by atoms with E-state index in [1.807, 2.05) is 0 Å². The first-order valence-corrected chi connectivity index (χ1v) is 6.71. The lowest BCUT2D eigenvalue weighted by Crippen LogP contribution is -2.26. The van der Waals surface area contributed by atoms with E-state index in [-0.39, 0.29) is 18.5 Å². The van der Waals surface area contributed by atoms with Gasteiger partial charge in [0.1, 0.15) is 5.82 Å². The van der Waals surface area contributed by atoms with Gasteiger partial charge in [-0.25, -0.2) is 22.3 Å². The lowest BCUT2D eigenvalue weighted by molar-refractivity contribution is 0.0596. The number of halogens is 1. The van der Waals surface area contributed by atoms with Crippen molar-refractivity contribution < 1.29 is 22.3 Å². The molecule has 0 fully saturated rings. The van der Waals surface area contributed by atoms with Gasteiger partial charge in [0.15, 0.2) is 0 Å². The van der Waals surface area contributed by atoms with Crippen molar-refractivity contribution in [1.82, 2.24) is 4.72 Å². The molecular weight excluding hydrogens is 273 g/mol. The number of sulfonamides is 1. The number of nitrogens with one attached hydrogen (secondary N) is 1. The third kappa shape index (κ3) is 3.77. The predicted octanol–water partition coefficient (Wildman–Crippen LogP) is 0.914. The number of methoxy groups -OCH3 is 1. The fourth-order valence-corrected chi connectivity index (χ4v) is 2.57. The molecule has 0 atom stereocenters. The summed E-state index contributed by atoms with van der Waals surface area (Å²) in [6, 6.07) is 2.79. The van der Waals surface area contributed by atoms with E-state index in [0.717, 1.165) is 25.3 Å². The summed E-state index contributed by atoms with van der Waals surface area (Å²) < 4.78 is 43.7. The molecule has 19 heavy (non-hydrogen) atoms. The van der Waals surface area contributed by atoms with Gasteiger partial charge in [0.05, 0.1) is 17.6 Å². The van der Waals surface area contributed by atoms with Gasteiger partial charge in [-0.3, -0.25) is 0 Å². The van der Waals surface area contributed by atoms with E-state index in [2.05, 4.69) is 15.4 Å². The van der Waals surface area contributed by atoms with Gasteiger partial charge < -0.3 is 4.74 Å². The number of esters is 1. The summed E-state index contributed by atoms with van der Waals surface area (Å²) in [4.78, 5) is 11.0. The summed E-state index contributed by atoms with van der Waals surface area (Å²) in [5, 5.41) is 0. The van der Waals surface area contributed by atoms with Crippen LogP contribution in [0.4, 0.5) is 4.39 Å². The quantitative estimate of drug-likeness (QED) is 0.496. The molecule has 1 N–H and O–H groups in total. The highest BCUT2D eigenvalue weighted by Gasteiger charge is 2.23. The minimum Gasteiger partial charge on any atom is -0.465 e. The van der Waals surface area contributed by atoms with Crippen molar-refractivity contribution in [3.05, 3.63) is 29.6 Å². The fraction of sp³-hybridized carbons (Fsp3) is 0.250. The third-order valence-corrected chi connectivity index (χ3v) is 3.70. The molecule has 0 aliphatic rings. The summed E-state index contributed by atoms with van der Waals surface area (Å²) in [6.45, 7) is -0.00401. The lowest BCUT2D eigenvalue weighted by atomic mass is 10.2. The molecule has 0 heterocycles. The number of carbonyl (C=O) groups is 1. The fourth-order valence-electron chi connectivity index (χ4n) is 1.33. The van der Waals surface area contributed by atoms with Gasteiger partial charge in [-0.2, -0.15) is 0 Å². The number of carbonyl (C=O) groups excluding carboxylic acids is 1. The average molecular weight is 285 g/mol. The van der Waals surface area contributed by atoms with Crippen molar-refractivity contribution in [2.45, 2.75) is 11.3 Å². The maximum absolute atomic E-state index is 13.2. The smallest absolute Gasteiger partial charge is 0.339 e. The van der Waals surface area contributed by atoms with Crippen molar-refractivity contribution in [2.75, 3.05) is 13.7 Å². The van der Waals surface area contributed by atoms with Crippen LogP contribution >= 0.6 is 0 Å². The molecule has 7 heteroatoms. The first kappa shape index (κ1) is 15.1. The van der Waals surface area contributed by atoms with Crippen molar-refractivity contribution in [3.8, 4) is 12.3 Å². The number of ether oxygens (including phenoxy) is 1. The van der Waals surface area contributed by atoms with Gasteiger partial charge in [0.2, 0.25) is 10.0 Å². The molecule has 0 saturated carbocycles. The van der Waals surface area contributed by atoms with Gasteiger partial charge in [-0.15, -0.1) is 12.3 Å². The molecule has 5 nitrogen and oxygen atoms in total. The summed E-state index contributed by atoms with van der Waals surface area (Å²) >= 11 is 0. The lowest BCUT2D eigenvalue weighted by Gasteiger charge is -2.09. The second-order valence-corrected chi connectivity index (χ2v) is 5.22. The normalized spacial score (nSPS) is 10.8. The van der Waals surface area contributed by atoms with Gasteiger partial charge in [-0.05, 0) is 18.2 Å². The molecule has 0 spiro atoms. The zero-order chi connectivity index (χ0) is 14.5. The highest BCUT2D eigenvalue weighted by molar-refractivity contribution is 7.89. The number of rotatable bonds is 5. The molecular formula is C12H12FNO4S. The molecule has 1 rings (SSSR count). The number of hydrogen-bond donors (Lipinski definition) is 1. The SMILES string of the molecule is C#CCCNS(=O)(=O)c1cc(F)ccc1C(=O)OC. The van der Waals surface area contributed by atoms with Crippen LogP contribution in [0.5, 0.6) is 0 Å². The average Bonchev–Trinajstić information content (AvgIpc) is 2.38. The summed E-state index contributed by atoms with van der Waals surface area (Å²) in [6.07, 6.45) is 5.18. The van der Waals surface area contributed by atoms with Crippen LogP contribution < -0.4 is 4.72 Å². The standard InChI is InChI=1S/C12H12FNO4S/c1-3-4-7-14-19(16,17)11-8-9(13)5-6-10(11)12(15)18-2/h1,5-6,8,14H,4,7H2,2H3. The van der Waals surface area contributed by atoms with E-state index in [1.165, 1.54) is 0 Å². The zero-order valence-corrected chi connectivity index (χ0v) is 11.0. The minimum atomic E-state index is -4.03. The molecule has 0 bridgehead atoms. The number of benzene rings is 1. The molecule has 1 aromatic rings. The van der Waals surface area contributed by atoms with Gasteiger partial charge in [0.25, 0.3) is 0 Å². The van der Waals surface area contributed by atoms with Crippen LogP contribution in [0.3, 0.4) is 0 Å². The van der Waals surface area contributed by atoms with E-state index < -0.39 is 26.7 Å². The van der Waals surface area contributed by atoms with Crippen LogP contribution in [-0.2, 0) is 14.8 Å². The van der Waals surface area contributed by atoms with Crippen molar-refractivity contribution in [1.29, 1.82) is 0 Å². The van der Waals surface area contributed by atoms with Gasteiger partial charge in [0, 0.05) is 13.0 Å². The third-order valence-electron chi connectivity index (χ3n) is 2.20. The topological polar surface area (TPSA) is 72.5 Å². The van der Waals surface area contributed by atoms with E-state index in [4.69, 9.17) is 6.42 Å².